The van der Waals surface area contributed by atoms with Crippen molar-refractivity contribution in [2.75, 3.05) is 7.05 Å². The van der Waals surface area contributed by atoms with Gasteiger partial charge in [-0.05, 0) is 43.8 Å². The fourth-order valence-corrected chi connectivity index (χ4v) is 2.78. The van der Waals surface area contributed by atoms with E-state index in [2.05, 4.69) is 23.4 Å². The van der Waals surface area contributed by atoms with Crippen LogP contribution in [0.4, 0.5) is 0 Å². The minimum atomic E-state index is -0.0334. The molecule has 1 atom stereocenters. The summed E-state index contributed by atoms with van der Waals surface area (Å²) in [4.78, 5) is 0. The standard InChI is InChI=1S/C16H18ClN3O/c1-4-12-9-13(20(3)19-12)16(18-2)15-8-10-7-11(17)5-6-14(10)21-15/h5-9,16,18H,4H2,1-3H3. The van der Waals surface area contributed by atoms with E-state index in [-0.39, 0.29) is 6.04 Å². The molecular weight excluding hydrogens is 286 g/mol. The molecule has 0 amide bonds. The van der Waals surface area contributed by atoms with Crippen LogP contribution in [0, 0.1) is 0 Å². The van der Waals surface area contributed by atoms with Crippen molar-refractivity contribution < 1.29 is 4.42 Å². The number of aromatic nitrogens is 2. The quantitative estimate of drug-likeness (QED) is 0.799. The second-order valence-electron chi connectivity index (χ2n) is 5.09. The number of halogens is 1. The van der Waals surface area contributed by atoms with Gasteiger partial charge in [0.15, 0.2) is 0 Å². The molecule has 2 heterocycles. The molecule has 1 unspecified atom stereocenters. The van der Waals surface area contributed by atoms with Crippen LogP contribution >= 0.6 is 11.6 Å². The van der Waals surface area contributed by atoms with Crippen LogP contribution in [0.1, 0.15) is 30.1 Å². The molecule has 3 aromatic rings. The molecule has 3 rings (SSSR count). The van der Waals surface area contributed by atoms with Crippen LogP contribution in [0.3, 0.4) is 0 Å². The summed E-state index contributed by atoms with van der Waals surface area (Å²) in [6.45, 7) is 2.10. The Kier molecular flexibility index (Phi) is 3.74. The number of hydrogen-bond donors (Lipinski definition) is 1. The molecule has 0 aliphatic heterocycles. The first kappa shape index (κ1) is 14.2. The van der Waals surface area contributed by atoms with E-state index in [1.54, 1.807) is 0 Å². The lowest BCUT2D eigenvalue weighted by Crippen LogP contribution is -2.20. The Morgan fingerprint density at radius 3 is 2.81 bits per heavy atom. The number of nitrogens with one attached hydrogen (secondary N) is 1. The number of rotatable bonds is 4. The number of nitrogens with zero attached hydrogens (tertiary/aromatic N) is 2. The lowest BCUT2D eigenvalue weighted by molar-refractivity contribution is 0.473. The average molecular weight is 304 g/mol. The van der Waals surface area contributed by atoms with Crippen molar-refractivity contribution in [2.45, 2.75) is 19.4 Å². The number of furan rings is 1. The van der Waals surface area contributed by atoms with Gasteiger partial charge in [0.05, 0.1) is 11.4 Å². The molecule has 5 heteroatoms. The summed E-state index contributed by atoms with van der Waals surface area (Å²) in [5.41, 5.74) is 3.00. The maximum atomic E-state index is 6.03. The normalized spacial score (nSPS) is 13.0. The topological polar surface area (TPSA) is 43.0 Å². The van der Waals surface area contributed by atoms with E-state index < -0.39 is 0 Å². The first-order chi connectivity index (χ1) is 10.1. The second kappa shape index (κ2) is 5.54. The maximum Gasteiger partial charge on any atom is 0.134 e. The first-order valence-corrected chi connectivity index (χ1v) is 7.39. The predicted molar refractivity (Wildman–Crippen MR) is 84.7 cm³/mol. The smallest absolute Gasteiger partial charge is 0.134 e. The van der Waals surface area contributed by atoms with Gasteiger partial charge < -0.3 is 9.73 Å². The van der Waals surface area contributed by atoms with E-state index in [1.807, 2.05) is 43.0 Å². The Morgan fingerprint density at radius 2 is 2.14 bits per heavy atom. The van der Waals surface area contributed by atoms with Crippen molar-refractivity contribution in [1.82, 2.24) is 15.1 Å². The van der Waals surface area contributed by atoms with Gasteiger partial charge in [-0.3, -0.25) is 4.68 Å². The van der Waals surface area contributed by atoms with Crippen LogP contribution in [0.5, 0.6) is 0 Å². The van der Waals surface area contributed by atoms with Gasteiger partial charge >= 0.3 is 0 Å². The van der Waals surface area contributed by atoms with Crippen molar-refractivity contribution in [2.24, 2.45) is 7.05 Å². The minimum Gasteiger partial charge on any atom is -0.459 e. The third kappa shape index (κ3) is 2.57. The lowest BCUT2D eigenvalue weighted by atomic mass is 10.1. The van der Waals surface area contributed by atoms with E-state index >= 15 is 0 Å². The molecule has 0 spiro atoms. The molecule has 0 aliphatic carbocycles. The van der Waals surface area contributed by atoms with E-state index in [1.165, 1.54) is 0 Å². The zero-order valence-electron chi connectivity index (χ0n) is 12.4. The summed E-state index contributed by atoms with van der Waals surface area (Å²) in [5, 5.41) is 9.53. The van der Waals surface area contributed by atoms with E-state index in [0.29, 0.717) is 5.02 Å². The first-order valence-electron chi connectivity index (χ1n) is 7.01. The molecule has 0 radical (unpaired) electrons. The van der Waals surface area contributed by atoms with Crippen LogP contribution in [-0.4, -0.2) is 16.8 Å². The Balaban J connectivity index is 2.06. The maximum absolute atomic E-state index is 6.03. The molecule has 1 aromatic carbocycles. The number of aryl methyl sites for hydroxylation is 2. The fraction of sp³-hybridized carbons (Fsp3) is 0.312. The summed E-state index contributed by atoms with van der Waals surface area (Å²) in [6.07, 6.45) is 0.917. The molecule has 0 aliphatic rings. The van der Waals surface area contributed by atoms with Crippen LogP contribution in [0.25, 0.3) is 11.0 Å². The SMILES string of the molecule is CCc1cc(C(NC)c2cc3cc(Cl)ccc3o2)n(C)n1. The Labute approximate surface area is 128 Å². The monoisotopic (exact) mass is 303 g/mol. The third-order valence-corrected chi connectivity index (χ3v) is 3.93. The van der Waals surface area contributed by atoms with Crippen molar-refractivity contribution in [1.29, 1.82) is 0 Å². The molecular formula is C16H18ClN3O. The van der Waals surface area contributed by atoms with Gasteiger partial charge in [-0.1, -0.05) is 18.5 Å². The highest BCUT2D eigenvalue weighted by atomic mass is 35.5. The molecule has 21 heavy (non-hydrogen) atoms. The van der Waals surface area contributed by atoms with E-state index in [0.717, 1.165) is 34.5 Å². The Morgan fingerprint density at radius 1 is 1.33 bits per heavy atom. The highest BCUT2D eigenvalue weighted by Crippen LogP contribution is 2.29. The van der Waals surface area contributed by atoms with Gasteiger partial charge in [-0.15, -0.1) is 0 Å². The minimum absolute atomic E-state index is 0.0334. The highest BCUT2D eigenvalue weighted by molar-refractivity contribution is 6.31. The zero-order valence-corrected chi connectivity index (χ0v) is 13.1. The van der Waals surface area contributed by atoms with E-state index in [4.69, 9.17) is 16.0 Å². The second-order valence-corrected chi connectivity index (χ2v) is 5.53. The van der Waals surface area contributed by atoms with E-state index in [9.17, 15) is 0 Å². The molecule has 1 N–H and O–H groups in total. The van der Waals surface area contributed by atoms with Gasteiger partial charge in [0.1, 0.15) is 17.4 Å². The molecule has 0 bridgehead atoms. The molecule has 2 aromatic heterocycles. The van der Waals surface area contributed by atoms with Gasteiger partial charge in [-0.25, -0.2) is 0 Å². The van der Waals surface area contributed by atoms with Crippen LogP contribution in [-0.2, 0) is 13.5 Å². The lowest BCUT2D eigenvalue weighted by Gasteiger charge is -2.13. The Hall–Kier alpha value is -1.78. The largest absolute Gasteiger partial charge is 0.459 e. The zero-order chi connectivity index (χ0) is 15.0. The molecule has 110 valence electrons. The molecule has 0 saturated heterocycles. The van der Waals surface area contributed by atoms with Gasteiger partial charge in [0.25, 0.3) is 0 Å². The number of hydrogen-bond acceptors (Lipinski definition) is 3. The predicted octanol–water partition coefficient (Wildman–Crippen LogP) is 3.69. The van der Waals surface area contributed by atoms with Crippen LogP contribution in [0.2, 0.25) is 5.02 Å². The summed E-state index contributed by atoms with van der Waals surface area (Å²) in [6, 6.07) is 9.76. The number of fused-ring (bicyclic) bond motifs is 1. The average Bonchev–Trinajstić information content (AvgIpc) is 3.03. The van der Waals surface area contributed by atoms with Crippen molar-refractivity contribution in [3.05, 3.63) is 52.5 Å². The third-order valence-electron chi connectivity index (χ3n) is 3.70. The molecule has 4 nitrogen and oxygen atoms in total. The van der Waals surface area contributed by atoms with Crippen molar-refractivity contribution in [3.8, 4) is 0 Å². The van der Waals surface area contributed by atoms with Crippen molar-refractivity contribution in [3.63, 3.8) is 0 Å². The van der Waals surface area contributed by atoms with Gasteiger partial charge in [0, 0.05) is 17.5 Å². The van der Waals surface area contributed by atoms with Crippen LogP contribution in [0.15, 0.2) is 34.7 Å². The number of benzene rings is 1. The summed E-state index contributed by atoms with van der Waals surface area (Å²) in [5.74, 6) is 0.861. The fourth-order valence-electron chi connectivity index (χ4n) is 2.60. The highest BCUT2D eigenvalue weighted by Gasteiger charge is 2.21. The van der Waals surface area contributed by atoms with Gasteiger partial charge in [0.2, 0.25) is 0 Å². The summed E-state index contributed by atoms with van der Waals surface area (Å²) < 4.78 is 7.87. The Bertz CT molecular complexity index is 775. The molecule has 0 fully saturated rings. The molecule has 0 saturated carbocycles. The van der Waals surface area contributed by atoms with Gasteiger partial charge in [-0.2, -0.15) is 5.10 Å². The van der Waals surface area contributed by atoms with Crippen LogP contribution < -0.4 is 5.32 Å². The summed E-state index contributed by atoms with van der Waals surface area (Å²) >= 11 is 6.03. The van der Waals surface area contributed by atoms with Crippen molar-refractivity contribution >= 4 is 22.6 Å². The summed E-state index contributed by atoms with van der Waals surface area (Å²) in [7, 11) is 3.88.